The molecule has 1 aliphatic carbocycles. The predicted molar refractivity (Wildman–Crippen MR) is 104 cm³/mol. The molecule has 0 bridgehead atoms. The lowest BCUT2D eigenvalue weighted by Gasteiger charge is -1.93. The Kier molecular flexibility index (Phi) is 6.87. The average Bonchev–Trinajstić information content (AvgIpc) is 3.11. The van der Waals surface area contributed by atoms with E-state index in [1.54, 1.807) is 0 Å². The molecule has 0 heteroatoms. The van der Waals surface area contributed by atoms with E-state index in [-0.39, 0.29) is 0 Å². The van der Waals surface area contributed by atoms with Crippen molar-refractivity contribution in [1.82, 2.24) is 0 Å². The molecular weight excluding hydrogens is 276 g/mol. The van der Waals surface area contributed by atoms with Crippen LogP contribution in [0.2, 0.25) is 0 Å². The maximum absolute atomic E-state index is 2.20. The van der Waals surface area contributed by atoms with Crippen molar-refractivity contribution in [3.63, 3.8) is 0 Å². The third-order valence-electron chi connectivity index (χ3n) is 3.68. The number of allylic oxidation sites excluding steroid dienone is 3. The highest BCUT2D eigenvalue weighted by molar-refractivity contribution is 5.82. The van der Waals surface area contributed by atoms with Crippen molar-refractivity contribution in [2.75, 3.05) is 0 Å². The van der Waals surface area contributed by atoms with Gasteiger partial charge in [0.2, 0.25) is 0 Å². The Balaban J connectivity index is 0.000000137. The van der Waals surface area contributed by atoms with Crippen molar-refractivity contribution in [2.24, 2.45) is 0 Å². The molecule has 3 aromatic carbocycles. The molecule has 4 rings (SSSR count). The summed E-state index contributed by atoms with van der Waals surface area (Å²) >= 11 is 0. The fourth-order valence-corrected chi connectivity index (χ4v) is 2.33. The van der Waals surface area contributed by atoms with Gasteiger partial charge < -0.3 is 0 Å². The van der Waals surface area contributed by atoms with Crippen molar-refractivity contribution >= 4 is 16.8 Å². The Bertz CT molecular complexity index is 709. The molecule has 0 aliphatic heterocycles. The topological polar surface area (TPSA) is 0 Å². The minimum Gasteiger partial charge on any atom is -0.0919 e. The van der Waals surface area contributed by atoms with Gasteiger partial charge in [-0.05, 0) is 42.2 Å². The van der Waals surface area contributed by atoms with Gasteiger partial charge in [0.1, 0.15) is 0 Å². The van der Waals surface area contributed by atoms with Gasteiger partial charge in [0, 0.05) is 0 Å². The summed E-state index contributed by atoms with van der Waals surface area (Å²) in [6, 6.07) is 25.2. The molecule has 0 saturated heterocycles. The largest absolute Gasteiger partial charge is 0.0919 e. The van der Waals surface area contributed by atoms with Crippen molar-refractivity contribution < 1.29 is 0 Å². The predicted octanol–water partition coefficient (Wildman–Crippen LogP) is 6.68. The minimum absolute atomic E-state index is 1.12. The third-order valence-corrected chi connectivity index (χ3v) is 3.68. The Morgan fingerprint density at radius 2 is 1.13 bits per heavy atom. The van der Waals surface area contributed by atoms with Crippen molar-refractivity contribution in [3.05, 3.63) is 102 Å². The van der Waals surface area contributed by atoms with Gasteiger partial charge >= 0.3 is 0 Å². The zero-order valence-electron chi connectivity index (χ0n) is 13.9. The summed E-state index contributed by atoms with van der Waals surface area (Å²) in [4.78, 5) is 0. The molecule has 0 spiro atoms. The minimum atomic E-state index is 1.12. The fraction of sp³-hybridized carbons (Fsp3) is 0.130. The van der Waals surface area contributed by atoms with Gasteiger partial charge in [-0.2, -0.15) is 0 Å². The summed E-state index contributed by atoms with van der Waals surface area (Å²) in [7, 11) is 0. The third kappa shape index (κ3) is 5.27. The van der Waals surface area contributed by atoms with Crippen LogP contribution in [0.15, 0.2) is 91.0 Å². The normalized spacial score (nSPS) is 11.4. The van der Waals surface area contributed by atoms with E-state index in [1.165, 1.54) is 21.9 Å². The van der Waals surface area contributed by atoms with E-state index in [1.807, 2.05) is 26.0 Å². The van der Waals surface area contributed by atoms with Gasteiger partial charge in [-0.15, -0.1) is 0 Å². The molecule has 0 atom stereocenters. The van der Waals surface area contributed by atoms with Crippen molar-refractivity contribution in [2.45, 2.75) is 20.3 Å². The second-order valence-corrected chi connectivity index (χ2v) is 5.32. The second kappa shape index (κ2) is 9.42. The molecule has 0 radical (unpaired) electrons. The van der Waals surface area contributed by atoms with Gasteiger partial charge in [0.05, 0.1) is 0 Å². The van der Waals surface area contributed by atoms with Crippen LogP contribution in [-0.4, -0.2) is 0 Å². The van der Waals surface area contributed by atoms with Crippen molar-refractivity contribution in [3.8, 4) is 0 Å². The van der Waals surface area contributed by atoms with Gasteiger partial charge in [0.15, 0.2) is 0 Å². The lowest BCUT2D eigenvalue weighted by atomic mass is 10.1. The number of hydrogen-bond acceptors (Lipinski definition) is 0. The summed E-state index contributed by atoms with van der Waals surface area (Å²) in [6.45, 7) is 4.00. The van der Waals surface area contributed by atoms with Crippen LogP contribution in [0.25, 0.3) is 16.8 Å². The van der Waals surface area contributed by atoms with Crippen LogP contribution < -0.4 is 0 Å². The number of fused-ring (bicyclic) bond motifs is 2. The summed E-state index contributed by atoms with van der Waals surface area (Å²) < 4.78 is 0. The summed E-state index contributed by atoms with van der Waals surface area (Å²) in [5.74, 6) is 0. The van der Waals surface area contributed by atoms with Crippen LogP contribution in [0, 0.1) is 0 Å². The highest BCUT2D eigenvalue weighted by Gasteiger charge is 2.00. The van der Waals surface area contributed by atoms with E-state index in [0.717, 1.165) is 6.42 Å². The number of benzene rings is 3. The van der Waals surface area contributed by atoms with E-state index in [4.69, 9.17) is 0 Å². The lowest BCUT2D eigenvalue weighted by Crippen LogP contribution is -1.76. The summed E-state index contributed by atoms with van der Waals surface area (Å²) in [5.41, 5.74) is 2.84. The Hall–Kier alpha value is -2.60. The molecule has 0 aromatic heterocycles. The molecule has 1 aliphatic rings. The van der Waals surface area contributed by atoms with Crippen LogP contribution in [0.3, 0.4) is 0 Å². The Morgan fingerprint density at radius 1 is 0.652 bits per heavy atom. The standard InChI is InChI=1S/C10H8.C9H8.C4H8/c1-2-6-10-8-4-3-7-9(10)5-1;1-2-5-9-7-3-6-8(9)4-1;1-3-4-2/h1-8H;1-6H,7H2;3-4H,1-2H3/b;;4-3-. The highest BCUT2D eigenvalue weighted by atomic mass is 14.0. The Labute approximate surface area is 139 Å². The van der Waals surface area contributed by atoms with E-state index in [0.29, 0.717) is 0 Å². The molecule has 0 heterocycles. The quantitative estimate of drug-likeness (QED) is 0.406. The molecule has 23 heavy (non-hydrogen) atoms. The first-order valence-corrected chi connectivity index (χ1v) is 8.10. The zero-order valence-corrected chi connectivity index (χ0v) is 13.9. The maximum Gasteiger partial charge on any atom is -0.00882 e. The van der Waals surface area contributed by atoms with E-state index >= 15 is 0 Å². The fourth-order valence-electron chi connectivity index (χ4n) is 2.33. The second-order valence-electron chi connectivity index (χ2n) is 5.32. The van der Waals surface area contributed by atoms with Crippen molar-refractivity contribution in [1.29, 1.82) is 0 Å². The molecule has 0 fully saturated rings. The molecular formula is C23H24. The first-order chi connectivity index (χ1) is 11.3. The first kappa shape index (κ1) is 16.8. The van der Waals surface area contributed by atoms with Crippen LogP contribution >= 0.6 is 0 Å². The van der Waals surface area contributed by atoms with Gasteiger partial charge in [-0.1, -0.05) is 97.1 Å². The molecule has 116 valence electrons. The lowest BCUT2D eigenvalue weighted by molar-refractivity contribution is 1.31. The molecule has 0 nitrogen and oxygen atoms in total. The van der Waals surface area contributed by atoms with E-state index in [2.05, 4.69) is 84.9 Å². The van der Waals surface area contributed by atoms with E-state index in [9.17, 15) is 0 Å². The van der Waals surface area contributed by atoms with Crippen LogP contribution in [-0.2, 0) is 6.42 Å². The molecule has 3 aromatic rings. The number of hydrogen-bond donors (Lipinski definition) is 0. The van der Waals surface area contributed by atoms with Gasteiger partial charge in [-0.3, -0.25) is 0 Å². The first-order valence-electron chi connectivity index (χ1n) is 8.10. The number of rotatable bonds is 0. The maximum atomic E-state index is 2.20. The van der Waals surface area contributed by atoms with Gasteiger partial charge in [0.25, 0.3) is 0 Å². The molecule has 0 saturated carbocycles. The smallest absolute Gasteiger partial charge is 0.00882 e. The zero-order chi connectivity index (χ0) is 16.3. The summed E-state index contributed by atoms with van der Waals surface area (Å²) in [6.07, 6.45) is 9.50. The van der Waals surface area contributed by atoms with Gasteiger partial charge in [-0.25, -0.2) is 0 Å². The molecule has 0 N–H and O–H groups in total. The SMILES string of the molecule is C/C=C\C.C1=Cc2ccccc2C1.c1ccc2ccccc2c1. The Morgan fingerprint density at radius 3 is 1.61 bits per heavy atom. The monoisotopic (exact) mass is 300 g/mol. The summed E-state index contributed by atoms with van der Waals surface area (Å²) in [5, 5.41) is 2.62. The van der Waals surface area contributed by atoms with Crippen LogP contribution in [0.4, 0.5) is 0 Å². The average molecular weight is 300 g/mol. The van der Waals surface area contributed by atoms with Crippen LogP contribution in [0.5, 0.6) is 0 Å². The molecule has 0 amide bonds. The van der Waals surface area contributed by atoms with E-state index < -0.39 is 0 Å². The molecule has 0 unspecified atom stereocenters. The highest BCUT2D eigenvalue weighted by Crippen LogP contribution is 2.17. The van der Waals surface area contributed by atoms with Crippen LogP contribution in [0.1, 0.15) is 25.0 Å².